The molecular weight excluding hydrogens is 324 g/mol. The predicted octanol–water partition coefficient (Wildman–Crippen LogP) is 2.31. The summed E-state index contributed by atoms with van der Waals surface area (Å²) in [4.78, 5) is 26.7. The molecule has 1 aliphatic rings. The fraction of sp³-hybridized carbons (Fsp3) is 0.278. The van der Waals surface area contributed by atoms with Gasteiger partial charge in [-0.25, -0.2) is 0 Å². The topological polar surface area (TPSA) is 101 Å². The summed E-state index contributed by atoms with van der Waals surface area (Å²) in [5.74, 6) is 0.699. The van der Waals surface area contributed by atoms with Crippen molar-refractivity contribution in [2.75, 3.05) is 13.7 Å². The van der Waals surface area contributed by atoms with Crippen LogP contribution in [0.2, 0.25) is 0 Å². The average molecular weight is 340 g/mol. The minimum Gasteiger partial charge on any atom is -0.497 e. The first-order valence-corrected chi connectivity index (χ1v) is 7.75. The fourth-order valence-corrected chi connectivity index (χ4v) is 2.78. The van der Waals surface area contributed by atoms with Crippen molar-refractivity contribution >= 4 is 5.97 Å². The third-order valence-corrected chi connectivity index (χ3v) is 3.92. The molecule has 128 valence electrons. The van der Waals surface area contributed by atoms with Gasteiger partial charge in [0.05, 0.1) is 25.8 Å². The molecule has 0 bridgehead atoms. The molecule has 1 unspecified atom stereocenters. The Kier molecular flexibility index (Phi) is 4.44. The normalized spacial score (nSPS) is 14.5. The van der Waals surface area contributed by atoms with Crippen LogP contribution in [0.3, 0.4) is 0 Å². The maximum atomic E-state index is 12.1. The second-order valence-electron chi connectivity index (χ2n) is 5.43. The van der Waals surface area contributed by atoms with Crippen molar-refractivity contribution in [3.63, 3.8) is 0 Å². The number of esters is 1. The van der Waals surface area contributed by atoms with Gasteiger partial charge in [0.1, 0.15) is 29.2 Å². The highest BCUT2D eigenvalue weighted by molar-refractivity contribution is 5.77. The average Bonchev–Trinajstić information content (AvgIpc) is 2.61. The second-order valence-corrected chi connectivity index (χ2v) is 5.43. The van der Waals surface area contributed by atoms with Crippen LogP contribution in [-0.4, -0.2) is 24.7 Å². The maximum absolute atomic E-state index is 12.1. The second kappa shape index (κ2) is 6.69. The van der Waals surface area contributed by atoms with Crippen molar-refractivity contribution in [1.29, 1.82) is 5.26 Å². The van der Waals surface area contributed by atoms with Gasteiger partial charge >= 0.3 is 5.97 Å². The van der Waals surface area contributed by atoms with Crippen LogP contribution in [0.25, 0.3) is 11.3 Å². The van der Waals surface area contributed by atoms with E-state index in [9.17, 15) is 9.59 Å². The number of aromatic nitrogens is 1. The van der Waals surface area contributed by atoms with E-state index in [-0.39, 0.29) is 18.6 Å². The Balaban J connectivity index is 2.14. The molecule has 25 heavy (non-hydrogen) atoms. The van der Waals surface area contributed by atoms with Crippen LogP contribution < -0.4 is 15.0 Å². The zero-order chi connectivity index (χ0) is 18.0. The van der Waals surface area contributed by atoms with Gasteiger partial charge in [0.25, 0.3) is 5.56 Å². The lowest BCUT2D eigenvalue weighted by atomic mass is 9.94. The summed E-state index contributed by atoms with van der Waals surface area (Å²) in [6, 6.07) is 8.49. The van der Waals surface area contributed by atoms with Gasteiger partial charge in [-0.2, -0.15) is 5.26 Å². The molecule has 7 heteroatoms. The molecule has 1 aromatic heterocycles. The molecule has 0 saturated heterocycles. The maximum Gasteiger partial charge on any atom is 0.309 e. The minimum absolute atomic E-state index is 0.0246. The molecule has 1 N–H and O–H groups in total. The first kappa shape index (κ1) is 16.6. The van der Waals surface area contributed by atoms with Gasteiger partial charge in [-0.1, -0.05) is 0 Å². The van der Waals surface area contributed by atoms with Crippen molar-refractivity contribution in [1.82, 2.24) is 4.98 Å². The van der Waals surface area contributed by atoms with Crippen molar-refractivity contribution < 1.29 is 19.0 Å². The molecule has 1 aliphatic heterocycles. The quantitative estimate of drug-likeness (QED) is 0.857. The summed E-state index contributed by atoms with van der Waals surface area (Å²) in [7, 11) is 1.54. The Bertz CT molecular complexity index is 926. The molecule has 1 atom stereocenters. The van der Waals surface area contributed by atoms with E-state index in [1.54, 1.807) is 25.1 Å². The Morgan fingerprint density at radius 1 is 1.40 bits per heavy atom. The van der Waals surface area contributed by atoms with E-state index in [0.29, 0.717) is 28.3 Å². The number of hydrogen-bond donors (Lipinski definition) is 1. The number of methoxy groups -OCH3 is 1. The lowest BCUT2D eigenvalue weighted by Gasteiger charge is -2.28. The number of nitrogens with zero attached hydrogens (tertiary/aromatic N) is 1. The number of carbonyl (C=O) groups excluding carboxylic acids is 1. The molecule has 0 radical (unpaired) electrons. The SMILES string of the molecule is CCOC(=O)CC1Oc2ccc(OC)cc2-c2[nH]c(=O)c(C#N)cc21. The van der Waals surface area contributed by atoms with E-state index >= 15 is 0 Å². The minimum atomic E-state index is -0.654. The number of H-pyrrole nitrogens is 1. The van der Waals surface area contributed by atoms with Crippen LogP contribution in [0, 0.1) is 11.3 Å². The highest BCUT2D eigenvalue weighted by Gasteiger charge is 2.30. The number of nitrogens with one attached hydrogen (secondary N) is 1. The van der Waals surface area contributed by atoms with Crippen molar-refractivity contribution in [3.05, 3.63) is 45.7 Å². The molecule has 0 aliphatic carbocycles. The molecule has 0 saturated carbocycles. The monoisotopic (exact) mass is 340 g/mol. The van der Waals surface area contributed by atoms with E-state index in [1.807, 2.05) is 6.07 Å². The smallest absolute Gasteiger partial charge is 0.309 e. The third-order valence-electron chi connectivity index (χ3n) is 3.92. The van der Waals surface area contributed by atoms with Crippen LogP contribution in [0.4, 0.5) is 0 Å². The van der Waals surface area contributed by atoms with Gasteiger partial charge in [-0.15, -0.1) is 0 Å². The van der Waals surface area contributed by atoms with Gasteiger partial charge in [-0.3, -0.25) is 9.59 Å². The lowest BCUT2D eigenvalue weighted by Crippen LogP contribution is -2.23. The lowest BCUT2D eigenvalue weighted by molar-refractivity contribution is -0.145. The first-order valence-electron chi connectivity index (χ1n) is 7.75. The Labute approximate surface area is 143 Å². The Morgan fingerprint density at radius 2 is 2.20 bits per heavy atom. The molecule has 3 rings (SSSR count). The molecular formula is C18H16N2O5. The molecule has 1 aromatic carbocycles. The summed E-state index contributed by atoms with van der Waals surface area (Å²) in [6.45, 7) is 1.99. The molecule has 0 fully saturated rings. The number of carbonyl (C=O) groups is 1. The zero-order valence-corrected chi connectivity index (χ0v) is 13.8. The van der Waals surface area contributed by atoms with Gasteiger partial charge in [-0.05, 0) is 31.2 Å². The largest absolute Gasteiger partial charge is 0.497 e. The number of aromatic amines is 1. The van der Waals surface area contributed by atoms with Gasteiger partial charge < -0.3 is 19.2 Å². The fourth-order valence-electron chi connectivity index (χ4n) is 2.78. The van der Waals surface area contributed by atoms with Crippen LogP contribution in [-0.2, 0) is 9.53 Å². The molecule has 2 aromatic rings. The number of pyridine rings is 1. The van der Waals surface area contributed by atoms with Crippen molar-refractivity contribution in [2.45, 2.75) is 19.4 Å². The number of hydrogen-bond acceptors (Lipinski definition) is 6. The van der Waals surface area contributed by atoms with E-state index < -0.39 is 17.6 Å². The Morgan fingerprint density at radius 3 is 2.88 bits per heavy atom. The van der Waals surface area contributed by atoms with Crippen molar-refractivity contribution in [3.8, 4) is 28.8 Å². The zero-order valence-electron chi connectivity index (χ0n) is 13.8. The first-order chi connectivity index (χ1) is 12.1. The summed E-state index contributed by atoms with van der Waals surface area (Å²) in [5, 5.41) is 9.13. The Hall–Kier alpha value is -3.27. The van der Waals surface area contributed by atoms with Crippen LogP contribution in [0.1, 0.15) is 30.6 Å². The van der Waals surface area contributed by atoms with E-state index in [2.05, 4.69) is 4.98 Å². The van der Waals surface area contributed by atoms with Gasteiger partial charge in [0.2, 0.25) is 0 Å². The summed E-state index contributed by atoms with van der Waals surface area (Å²) in [6.07, 6.45) is -0.678. The van der Waals surface area contributed by atoms with Crippen LogP contribution in [0.5, 0.6) is 11.5 Å². The van der Waals surface area contributed by atoms with E-state index in [1.165, 1.54) is 13.2 Å². The number of rotatable bonds is 4. The van der Waals surface area contributed by atoms with Crippen LogP contribution >= 0.6 is 0 Å². The van der Waals surface area contributed by atoms with Crippen LogP contribution in [0.15, 0.2) is 29.1 Å². The molecule has 0 amide bonds. The highest BCUT2D eigenvalue weighted by atomic mass is 16.5. The van der Waals surface area contributed by atoms with E-state index in [0.717, 1.165) is 0 Å². The standard InChI is InChI=1S/C18H16N2O5/c1-3-24-16(21)8-15-12-6-10(9-19)18(22)20-17(12)13-7-11(23-2)4-5-14(13)25-15/h4-7,15H,3,8H2,1-2H3,(H,20,22). The number of benzene rings is 1. The summed E-state index contributed by atoms with van der Waals surface area (Å²) < 4.78 is 16.1. The summed E-state index contributed by atoms with van der Waals surface area (Å²) in [5.41, 5.74) is 1.17. The van der Waals surface area contributed by atoms with Gasteiger partial charge in [0.15, 0.2) is 0 Å². The number of nitriles is 1. The van der Waals surface area contributed by atoms with Gasteiger partial charge in [0, 0.05) is 11.1 Å². The number of fused-ring (bicyclic) bond motifs is 3. The van der Waals surface area contributed by atoms with E-state index in [4.69, 9.17) is 19.5 Å². The predicted molar refractivity (Wildman–Crippen MR) is 88.4 cm³/mol. The summed E-state index contributed by atoms with van der Waals surface area (Å²) >= 11 is 0. The third kappa shape index (κ3) is 3.06. The molecule has 2 heterocycles. The molecule has 0 spiro atoms. The van der Waals surface area contributed by atoms with Crippen molar-refractivity contribution in [2.24, 2.45) is 0 Å². The molecule has 7 nitrogen and oxygen atoms in total. The highest BCUT2D eigenvalue weighted by Crippen LogP contribution is 2.43. The number of ether oxygens (including phenoxy) is 3.